The van der Waals surface area contributed by atoms with Gasteiger partial charge in [-0.1, -0.05) is 12.1 Å². The summed E-state index contributed by atoms with van der Waals surface area (Å²) in [5.74, 6) is -0.304. The third-order valence-electron chi connectivity index (χ3n) is 2.92. The molecule has 0 saturated heterocycles. The molecule has 0 unspecified atom stereocenters. The molecule has 3 aromatic rings. The van der Waals surface area contributed by atoms with E-state index in [0.29, 0.717) is 23.6 Å². The third kappa shape index (κ3) is 2.51. The highest BCUT2D eigenvalue weighted by Gasteiger charge is 2.02. The van der Waals surface area contributed by atoms with Gasteiger partial charge in [-0.05, 0) is 30.3 Å². The molecule has 2 heterocycles. The van der Waals surface area contributed by atoms with Crippen molar-refractivity contribution in [1.29, 1.82) is 0 Å². The monoisotopic (exact) mass is 269 g/mol. The SMILES string of the molecule is O=c1cc(CNc2cccc(F)c2)nc2ccccn12. The lowest BCUT2D eigenvalue weighted by Crippen LogP contribution is -2.16. The molecule has 1 aromatic carbocycles. The van der Waals surface area contributed by atoms with Crippen molar-refractivity contribution in [2.75, 3.05) is 5.32 Å². The fraction of sp³-hybridized carbons (Fsp3) is 0.0667. The zero-order chi connectivity index (χ0) is 13.9. The van der Waals surface area contributed by atoms with Crippen LogP contribution in [0.4, 0.5) is 10.1 Å². The molecule has 4 nitrogen and oxygen atoms in total. The number of halogens is 1. The minimum absolute atomic E-state index is 0.133. The summed E-state index contributed by atoms with van der Waals surface area (Å²) in [5, 5.41) is 3.04. The number of pyridine rings is 1. The number of fused-ring (bicyclic) bond motifs is 1. The fourth-order valence-electron chi connectivity index (χ4n) is 1.98. The van der Waals surface area contributed by atoms with Crippen molar-refractivity contribution in [3.05, 3.63) is 76.6 Å². The quantitative estimate of drug-likeness (QED) is 0.794. The molecule has 0 aliphatic carbocycles. The van der Waals surface area contributed by atoms with Crippen LogP contribution in [0.2, 0.25) is 0 Å². The third-order valence-corrected chi connectivity index (χ3v) is 2.92. The number of rotatable bonds is 3. The molecule has 0 atom stereocenters. The molecule has 0 saturated carbocycles. The molecule has 3 rings (SSSR count). The van der Waals surface area contributed by atoms with Crippen molar-refractivity contribution in [3.8, 4) is 0 Å². The van der Waals surface area contributed by atoms with E-state index in [9.17, 15) is 9.18 Å². The highest BCUT2D eigenvalue weighted by Crippen LogP contribution is 2.10. The van der Waals surface area contributed by atoms with Crippen LogP contribution in [0.25, 0.3) is 5.65 Å². The molecule has 0 radical (unpaired) electrons. The van der Waals surface area contributed by atoms with Crippen LogP contribution in [0.3, 0.4) is 0 Å². The van der Waals surface area contributed by atoms with Gasteiger partial charge in [-0.25, -0.2) is 9.37 Å². The summed E-state index contributed by atoms with van der Waals surface area (Å²) in [5.41, 5.74) is 1.73. The van der Waals surface area contributed by atoms with Crippen LogP contribution >= 0.6 is 0 Å². The van der Waals surface area contributed by atoms with Crippen molar-refractivity contribution < 1.29 is 4.39 Å². The lowest BCUT2D eigenvalue weighted by molar-refractivity contribution is 0.628. The summed E-state index contributed by atoms with van der Waals surface area (Å²) < 4.78 is 14.5. The maximum absolute atomic E-state index is 13.1. The average molecular weight is 269 g/mol. The number of anilines is 1. The first-order chi connectivity index (χ1) is 9.72. The van der Waals surface area contributed by atoms with E-state index in [2.05, 4.69) is 10.3 Å². The Balaban J connectivity index is 1.86. The van der Waals surface area contributed by atoms with Gasteiger partial charge in [-0.3, -0.25) is 9.20 Å². The van der Waals surface area contributed by atoms with Gasteiger partial charge in [0.05, 0.1) is 12.2 Å². The molecule has 0 aliphatic rings. The summed E-state index contributed by atoms with van der Waals surface area (Å²) in [6.07, 6.45) is 1.68. The van der Waals surface area contributed by atoms with Gasteiger partial charge in [0.1, 0.15) is 11.5 Å². The normalized spacial score (nSPS) is 10.7. The van der Waals surface area contributed by atoms with Crippen LogP contribution in [-0.4, -0.2) is 9.38 Å². The van der Waals surface area contributed by atoms with E-state index in [0.717, 1.165) is 0 Å². The summed E-state index contributed by atoms with van der Waals surface area (Å²) in [4.78, 5) is 16.3. The van der Waals surface area contributed by atoms with Gasteiger partial charge >= 0.3 is 0 Å². The largest absolute Gasteiger partial charge is 0.379 e. The number of aromatic nitrogens is 2. The Labute approximate surface area is 114 Å². The maximum atomic E-state index is 13.1. The smallest absolute Gasteiger partial charge is 0.258 e. The number of hydrogen-bond acceptors (Lipinski definition) is 3. The minimum atomic E-state index is -0.304. The van der Waals surface area contributed by atoms with Crippen molar-refractivity contribution >= 4 is 11.3 Å². The highest BCUT2D eigenvalue weighted by atomic mass is 19.1. The summed E-state index contributed by atoms with van der Waals surface area (Å²) in [7, 11) is 0. The molecule has 100 valence electrons. The first-order valence-electron chi connectivity index (χ1n) is 6.19. The lowest BCUT2D eigenvalue weighted by Gasteiger charge is -2.07. The van der Waals surface area contributed by atoms with Gasteiger partial charge in [0, 0.05) is 18.0 Å². The second-order valence-electron chi connectivity index (χ2n) is 4.38. The highest BCUT2D eigenvalue weighted by molar-refractivity contribution is 5.44. The van der Waals surface area contributed by atoms with E-state index in [1.165, 1.54) is 22.6 Å². The van der Waals surface area contributed by atoms with Gasteiger partial charge in [0.25, 0.3) is 5.56 Å². The van der Waals surface area contributed by atoms with E-state index in [-0.39, 0.29) is 11.4 Å². The molecule has 0 aliphatic heterocycles. The van der Waals surface area contributed by atoms with E-state index < -0.39 is 0 Å². The van der Waals surface area contributed by atoms with Crippen LogP contribution in [0.15, 0.2) is 59.5 Å². The number of nitrogens with zero attached hydrogens (tertiary/aromatic N) is 2. The summed E-state index contributed by atoms with van der Waals surface area (Å²) in [6, 6.07) is 13.0. The molecule has 0 amide bonds. The van der Waals surface area contributed by atoms with Crippen molar-refractivity contribution in [2.45, 2.75) is 6.54 Å². The van der Waals surface area contributed by atoms with Gasteiger partial charge in [-0.2, -0.15) is 0 Å². The van der Waals surface area contributed by atoms with Crippen LogP contribution in [0.5, 0.6) is 0 Å². The Morgan fingerprint density at radius 2 is 2.05 bits per heavy atom. The predicted octanol–water partition coefficient (Wildman–Crippen LogP) is 2.45. The number of nitrogens with one attached hydrogen (secondary N) is 1. The van der Waals surface area contributed by atoms with Crippen molar-refractivity contribution in [1.82, 2.24) is 9.38 Å². The lowest BCUT2D eigenvalue weighted by atomic mass is 10.3. The van der Waals surface area contributed by atoms with Crippen molar-refractivity contribution in [3.63, 3.8) is 0 Å². The minimum Gasteiger partial charge on any atom is -0.379 e. The van der Waals surface area contributed by atoms with E-state index in [4.69, 9.17) is 0 Å². The molecule has 0 fully saturated rings. The first-order valence-corrected chi connectivity index (χ1v) is 6.19. The van der Waals surface area contributed by atoms with Crippen LogP contribution in [0, 0.1) is 5.82 Å². The maximum Gasteiger partial charge on any atom is 0.258 e. The van der Waals surface area contributed by atoms with Gasteiger partial charge in [0.15, 0.2) is 0 Å². The fourth-order valence-corrected chi connectivity index (χ4v) is 1.98. The summed E-state index contributed by atoms with van der Waals surface area (Å²) in [6.45, 7) is 0.365. The van der Waals surface area contributed by atoms with Crippen LogP contribution in [0.1, 0.15) is 5.69 Å². The number of benzene rings is 1. The van der Waals surface area contributed by atoms with Crippen LogP contribution < -0.4 is 10.9 Å². The molecule has 20 heavy (non-hydrogen) atoms. The molecule has 1 N–H and O–H groups in total. The molecule has 0 spiro atoms. The molecular weight excluding hydrogens is 257 g/mol. The molecule has 5 heteroatoms. The van der Waals surface area contributed by atoms with Crippen molar-refractivity contribution in [2.24, 2.45) is 0 Å². The predicted molar refractivity (Wildman–Crippen MR) is 75.2 cm³/mol. The molecular formula is C15H12FN3O. The second-order valence-corrected chi connectivity index (χ2v) is 4.38. The topological polar surface area (TPSA) is 46.4 Å². The average Bonchev–Trinajstić information content (AvgIpc) is 2.45. The zero-order valence-electron chi connectivity index (χ0n) is 10.6. The van der Waals surface area contributed by atoms with E-state index >= 15 is 0 Å². The zero-order valence-corrected chi connectivity index (χ0v) is 10.6. The number of hydrogen-bond donors (Lipinski definition) is 1. The van der Waals surface area contributed by atoms with Gasteiger partial charge in [0.2, 0.25) is 0 Å². The standard InChI is InChI=1S/C15H12FN3O/c16-11-4-3-5-12(8-11)17-10-13-9-15(20)19-7-2-1-6-14(19)18-13/h1-9,17H,10H2. The Morgan fingerprint density at radius 1 is 1.15 bits per heavy atom. The Morgan fingerprint density at radius 3 is 2.90 bits per heavy atom. The van der Waals surface area contributed by atoms with Gasteiger partial charge < -0.3 is 5.32 Å². The molecule has 0 bridgehead atoms. The van der Waals surface area contributed by atoms with E-state index in [1.807, 2.05) is 6.07 Å². The Kier molecular flexibility index (Phi) is 3.16. The Hall–Kier alpha value is -2.69. The Bertz CT molecular complexity index is 813. The molecule has 2 aromatic heterocycles. The van der Waals surface area contributed by atoms with Gasteiger partial charge in [-0.15, -0.1) is 0 Å². The first kappa shape index (κ1) is 12.3. The van der Waals surface area contributed by atoms with Crippen LogP contribution in [-0.2, 0) is 6.54 Å². The second kappa shape index (κ2) is 5.13. The summed E-state index contributed by atoms with van der Waals surface area (Å²) >= 11 is 0. The van der Waals surface area contributed by atoms with E-state index in [1.54, 1.807) is 30.5 Å².